The summed E-state index contributed by atoms with van der Waals surface area (Å²) >= 11 is 0. The molecular weight excluding hydrogens is 356 g/mol. The average molecular weight is 382 g/mol. The Morgan fingerprint density at radius 3 is 2.32 bits per heavy atom. The highest BCUT2D eigenvalue weighted by Crippen LogP contribution is 2.37. The summed E-state index contributed by atoms with van der Waals surface area (Å²) in [7, 11) is 0. The van der Waals surface area contributed by atoms with Crippen molar-refractivity contribution < 1.29 is 19.1 Å². The van der Waals surface area contributed by atoms with E-state index in [9.17, 15) is 9.59 Å². The van der Waals surface area contributed by atoms with Gasteiger partial charge in [0.2, 0.25) is 12.7 Å². The lowest BCUT2D eigenvalue weighted by Crippen LogP contribution is -2.37. The van der Waals surface area contributed by atoms with Crippen LogP contribution < -0.4 is 20.1 Å². The van der Waals surface area contributed by atoms with Crippen LogP contribution in [0.3, 0.4) is 0 Å². The van der Waals surface area contributed by atoms with E-state index in [1.807, 2.05) is 30.3 Å². The van der Waals surface area contributed by atoms with Gasteiger partial charge >= 0.3 is 0 Å². The molecular formula is C22H26N2O4. The molecule has 6 nitrogen and oxygen atoms in total. The number of hydrogen-bond acceptors (Lipinski definition) is 5. The van der Waals surface area contributed by atoms with Gasteiger partial charge in [-0.1, -0.05) is 51.1 Å². The van der Waals surface area contributed by atoms with Crippen LogP contribution in [0, 0.1) is 5.41 Å². The van der Waals surface area contributed by atoms with Crippen LogP contribution in [-0.4, -0.2) is 25.0 Å². The number of carbonyl (C=O) groups is 2. The number of anilines is 1. The van der Waals surface area contributed by atoms with E-state index < -0.39 is 0 Å². The van der Waals surface area contributed by atoms with Gasteiger partial charge in [-0.3, -0.25) is 9.59 Å². The van der Waals surface area contributed by atoms with Crippen molar-refractivity contribution in [3.8, 4) is 11.5 Å². The van der Waals surface area contributed by atoms with Gasteiger partial charge in [0.15, 0.2) is 17.3 Å². The molecule has 0 radical (unpaired) electrons. The molecule has 28 heavy (non-hydrogen) atoms. The first-order valence-electron chi connectivity index (χ1n) is 9.28. The van der Waals surface area contributed by atoms with Crippen LogP contribution in [-0.2, 0) is 4.79 Å². The Hall–Kier alpha value is -2.86. The minimum Gasteiger partial charge on any atom is -0.454 e. The second-order valence-electron chi connectivity index (χ2n) is 7.95. The van der Waals surface area contributed by atoms with E-state index in [1.165, 1.54) is 6.92 Å². The summed E-state index contributed by atoms with van der Waals surface area (Å²) in [5.74, 6) is 0.647. The summed E-state index contributed by atoms with van der Waals surface area (Å²) in [6, 6.07) is 13.3. The molecule has 0 aromatic heterocycles. The van der Waals surface area contributed by atoms with Crippen LogP contribution in [0.4, 0.5) is 5.69 Å². The summed E-state index contributed by atoms with van der Waals surface area (Å²) in [5.41, 5.74) is 1.86. The standard InChI is InChI=1S/C22H26N2O4/c1-14(25)16-10-18-19(28-13-27-18)11-17(16)24-20(26)12-23-21(22(2,3)4)15-8-6-5-7-9-15/h5-11,21,23H,12-13H2,1-4H3,(H,24,26). The van der Waals surface area contributed by atoms with E-state index in [4.69, 9.17) is 9.47 Å². The van der Waals surface area contributed by atoms with Gasteiger partial charge < -0.3 is 20.1 Å². The first kappa shape index (κ1) is 19.9. The number of hydrogen-bond donors (Lipinski definition) is 2. The van der Waals surface area contributed by atoms with E-state index in [1.54, 1.807) is 12.1 Å². The fraction of sp³-hybridized carbons (Fsp3) is 0.364. The number of rotatable bonds is 6. The van der Waals surface area contributed by atoms with Crippen molar-refractivity contribution in [2.24, 2.45) is 5.41 Å². The highest BCUT2D eigenvalue weighted by Gasteiger charge is 2.26. The number of Topliss-reactive ketones (excluding diaryl/α,β-unsaturated/α-hetero) is 1. The van der Waals surface area contributed by atoms with Gasteiger partial charge in [0.25, 0.3) is 0 Å². The number of benzene rings is 2. The zero-order chi connectivity index (χ0) is 20.3. The van der Waals surface area contributed by atoms with E-state index in [0.29, 0.717) is 22.7 Å². The van der Waals surface area contributed by atoms with E-state index in [2.05, 4.69) is 31.4 Å². The monoisotopic (exact) mass is 382 g/mol. The van der Waals surface area contributed by atoms with Crippen LogP contribution in [0.15, 0.2) is 42.5 Å². The third-order valence-electron chi connectivity index (χ3n) is 4.63. The van der Waals surface area contributed by atoms with Crippen molar-refractivity contribution in [1.29, 1.82) is 0 Å². The Balaban J connectivity index is 1.73. The summed E-state index contributed by atoms with van der Waals surface area (Å²) in [6.45, 7) is 8.05. The van der Waals surface area contributed by atoms with Crippen molar-refractivity contribution in [2.45, 2.75) is 33.7 Å². The second-order valence-corrected chi connectivity index (χ2v) is 7.95. The zero-order valence-corrected chi connectivity index (χ0v) is 16.7. The lowest BCUT2D eigenvalue weighted by Gasteiger charge is -2.32. The minimum atomic E-state index is -0.230. The Bertz CT molecular complexity index is 872. The van der Waals surface area contributed by atoms with Gasteiger partial charge in [0.05, 0.1) is 12.2 Å². The van der Waals surface area contributed by atoms with Crippen molar-refractivity contribution >= 4 is 17.4 Å². The number of carbonyl (C=O) groups excluding carboxylic acids is 2. The smallest absolute Gasteiger partial charge is 0.238 e. The van der Waals surface area contributed by atoms with Gasteiger partial charge in [0, 0.05) is 17.7 Å². The molecule has 1 atom stereocenters. The minimum absolute atomic E-state index is 0.00322. The number of nitrogens with one attached hydrogen (secondary N) is 2. The maximum Gasteiger partial charge on any atom is 0.238 e. The lowest BCUT2D eigenvalue weighted by atomic mass is 9.82. The Morgan fingerprint density at radius 1 is 1.07 bits per heavy atom. The molecule has 0 saturated heterocycles. The summed E-state index contributed by atoms with van der Waals surface area (Å²) in [5, 5.41) is 6.17. The van der Waals surface area contributed by atoms with E-state index in [-0.39, 0.29) is 36.5 Å². The third-order valence-corrected chi connectivity index (χ3v) is 4.63. The predicted octanol–water partition coefficient (Wildman–Crippen LogP) is 3.93. The van der Waals surface area contributed by atoms with Gasteiger partial charge in [-0.15, -0.1) is 0 Å². The second kappa shape index (κ2) is 8.02. The van der Waals surface area contributed by atoms with Crippen molar-refractivity contribution in [3.05, 3.63) is 53.6 Å². The molecule has 0 spiro atoms. The SMILES string of the molecule is CC(=O)c1cc2c(cc1NC(=O)CNC(c1ccccc1)C(C)(C)C)OCO2. The van der Waals surface area contributed by atoms with Gasteiger partial charge in [-0.05, 0) is 24.0 Å². The summed E-state index contributed by atoms with van der Waals surface area (Å²) in [4.78, 5) is 24.6. The number of ether oxygens (including phenoxy) is 2. The van der Waals surface area contributed by atoms with Gasteiger partial charge in [-0.25, -0.2) is 0 Å². The number of amides is 1. The van der Waals surface area contributed by atoms with Crippen molar-refractivity contribution in [3.63, 3.8) is 0 Å². The normalized spacial score (nSPS) is 13.9. The molecule has 2 aromatic rings. The molecule has 2 N–H and O–H groups in total. The molecule has 0 fully saturated rings. The van der Waals surface area contributed by atoms with Crippen molar-refractivity contribution in [1.82, 2.24) is 5.32 Å². The summed E-state index contributed by atoms with van der Waals surface area (Å²) < 4.78 is 10.7. The molecule has 0 bridgehead atoms. The molecule has 1 amide bonds. The number of fused-ring (bicyclic) bond motifs is 1. The third kappa shape index (κ3) is 4.51. The van der Waals surface area contributed by atoms with Crippen LogP contribution >= 0.6 is 0 Å². The first-order chi connectivity index (χ1) is 13.3. The summed E-state index contributed by atoms with van der Waals surface area (Å²) in [6.07, 6.45) is 0. The average Bonchev–Trinajstić information content (AvgIpc) is 3.08. The Labute approximate surface area is 165 Å². The predicted molar refractivity (Wildman–Crippen MR) is 108 cm³/mol. The maximum atomic E-state index is 12.6. The molecule has 1 unspecified atom stereocenters. The zero-order valence-electron chi connectivity index (χ0n) is 16.7. The molecule has 0 saturated carbocycles. The largest absolute Gasteiger partial charge is 0.454 e. The molecule has 1 aliphatic heterocycles. The quantitative estimate of drug-likeness (QED) is 0.740. The Morgan fingerprint density at radius 2 is 1.71 bits per heavy atom. The van der Waals surface area contributed by atoms with Crippen LogP contribution in [0.25, 0.3) is 0 Å². The topological polar surface area (TPSA) is 76.7 Å². The highest BCUT2D eigenvalue weighted by molar-refractivity contribution is 6.05. The molecule has 6 heteroatoms. The molecule has 1 aliphatic rings. The van der Waals surface area contributed by atoms with Crippen molar-refractivity contribution in [2.75, 3.05) is 18.7 Å². The maximum absolute atomic E-state index is 12.6. The van der Waals surface area contributed by atoms with Gasteiger partial charge in [0.1, 0.15) is 0 Å². The fourth-order valence-corrected chi connectivity index (χ4v) is 3.30. The highest BCUT2D eigenvalue weighted by atomic mass is 16.7. The van der Waals surface area contributed by atoms with Crippen LogP contribution in [0.5, 0.6) is 11.5 Å². The molecule has 3 rings (SSSR count). The number of ketones is 1. The Kier molecular flexibility index (Phi) is 5.70. The fourth-order valence-electron chi connectivity index (χ4n) is 3.30. The van der Waals surface area contributed by atoms with Gasteiger partial charge in [-0.2, -0.15) is 0 Å². The van der Waals surface area contributed by atoms with Crippen LogP contribution in [0.2, 0.25) is 0 Å². The molecule has 148 valence electrons. The van der Waals surface area contributed by atoms with E-state index in [0.717, 1.165) is 5.56 Å². The lowest BCUT2D eigenvalue weighted by molar-refractivity contribution is -0.115. The van der Waals surface area contributed by atoms with E-state index >= 15 is 0 Å². The molecule has 2 aromatic carbocycles. The van der Waals surface area contributed by atoms with Crippen LogP contribution in [0.1, 0.15) is 49.7 Å². The molecule has 0 aliphatic carbocycles. The molecule has 1 heterocycles. The first-order valence-corrected chi connectivity index (χ1v) is 9.28.